The maximum Gasteiger partial charge on any atom is 0.312 e. The van der Waals surface area contributed by atoms with Crippen molar-refractivity contribution in [2.45, 2.75) is 0 Å². The summed E-state index contributed by atoms with van der Waals surface area (Å²) in [5.41, 5.74) is 5.20. The van der Waals surface area contributed by atoms with E-state index < -0.39 is 4.92 Å². The lowest BCUT2D eigenvalue weighted by Crippen LogP contribution is -1.99. The van der Waals surface area contributed by atoms with Crippen LogP contribution in [-0.2, 0) is 0 Å². The molecule has 7 nitrogen and oxygen atoms in total. The van der Waals surface area contributed by atoms with E-state index in [0.29, 0.717) is 4.47 Å². The van der Waals surface area contributed by atoms with Gasteiger partial charge in [-0.25, -0.2) is 4.98 Å². The Labute approximate surface area is 120 Å². The van der Waals surface area contributed by atoms with Crippen LogP contribution in [-0.4, -0.2) is 14.9 Å². The van der Waals surface area contributed by atoms with Crippen molar-refractivity contribution < 1.29 is 9.66 Å². The summed E-state index contributed by atoms with van der Waals surface area (Å²) < 4.78 is 5.87. The Balaban J connectivity index is 2.40. The van der Waals surface area contributed by atoms with Crippen LogP contribution >= 0.6 is 27.5 Å². The average molecular weight is 346 g/mol. The Kier molecular flexibility index (Phi) is 3.82. The highest BCUT2D eigenvalue weighted by atomic mass is 79.9. The lowest BCUT2D eigenvalue weighted by atomic mass is 10.3. The average Bonchev–Trinajstić information content (AvgIpc) is 2.30. The largest absolute Gasteiger partial charge is 0.432 e. The zero-order chi connectivity index (χ0) is 14.0. The number of nitro benzene ring substituents is 1. The third-order valence-corrected chi connectivity index (χ3v) is 2.71. The number of anilines is 1. The Bertz CT molecular complexity index is 632. The predicted octanol–water partition coefficient (Wildman–Crippen LogP) is 3.18. The molecule has 1 aromatic carbocycles. The molecular formula is C10H6BrClN4O3. The van der Waals surface area contributed by atoms with E-state index in [9.17, 15) is 10.1 Å². The first-order chi connectivity index (χ1) is 8.95. The van der Waals surface area contributed by atoms with Gasteiger partial charge in [-0.3, -0.25) is 10.1 Å². The second-order valence-electron chi connectivity index (χ2n) is 3.36. The van der Waals surface area contributed by atoms with Crippen LogP contribution in [0.4, 0.5) is 11.6 Å². The first-order valence-electron chi connectivity index (χ1n) is 4.87. The van der Waals surface area contributed by atoms with Crippen molar-refractivity contribution in [3.05, 3.63) is 44.0 Å². The number of nitrogen functional groups attached to an aromatic ring is 1. The van der Waals surface area contributed by atoms with Crippen LogP contribution in [0, 0.1) is 10.1 Å². The minimum Gasteiger partial charge on any atom is -0.432 e. The molecule has 0 saturated carbocycles. The fraction of sp³-hybridized carbons (Fsp3) is 0. The van der Waals surface area contributed by atoms with Crippen LogP contribution in [0.2, 0.25) is 5.15 Å². The summed E-state index contributed by atoms with van der Waals surface area (Å²) in [7, 11) is 0. The highest BCUT2D eigenvalue weighted by Gasteiger charge is 2.17. The maximum absolute atomic E-state index is 10.9. The van der Waals surface area contributed by atoms with Crippen LogP contribution in [0.15, 0.2) is 28.7 Å². The van der Waals surface area contributed by atoms with Gasteiger partial charge in [-0.05, 0) is 12.1 Å². The summed E-state index contributed by atoms with van der Waals surface area (Å²) >= 11 is 8.84. The molecule has 0 amide bonds. The Morgan fingerprint density at radius 1 is 1.37 bits per heavy atom. The van der Waals surface area contributed by atoms with Crippen molar-refractivity contribution in [2.24, 2.45) is 0 Å². The molecule has 1 aromatic heterocycles. The van der Waals surface area contributed by atoms with Gasteiger partial charge in [-0.1, -0.05) is 27.5 Å². The fourth-order valence-electron chi connectivity index (χ4n) is 1.30. The lowest BCUT2D eigenvalue weighted by Gasteiger charge is -2.06. The first-order valence-corrected chi connectivity index (χ1v) is 6.04. The minimum atomic E-state index is -0.563. The molecule has 9 heteroatoms. The van der Waals surface area contributed by atoms with Gasteiger partial charge in [0.25, 0.3) is 0 Å². The molecule has 0 unspecified atom stereocenters. The van der Waals surface area contributed by atoms with Crippen molar-refractivity contribution in [2.75, 3.05) is 5.73 Å². The zero-order valence-electron chi connectivity index (χ0n) is 9.21. The number of nitrogens with two attached hydrogens (primary N) is 1. The summed E-state index contributed by atoms with van der Waals surface area (Å²) in [4.78, 5) is 17.8. The zero-order valence-corrected chi connectivity index (χ0v) is 11.6. The van der Waals surface area contributed by atoms with Gasteiger partial charge in [0.05, 0.1) is 4.92 Å². The molecule has 1 heterocycles. The number of aromatic nitrogens is 2. The number of rotatable bonds is 3. The fourth-order valence-corrected chi connectivity index (χ4v) is 1.83. The second kappa shape index (κ2) is 5.37. The van der Waals surface area contributed by atoms with Crippen molar-refractivity contribution >= 4 is 39.2 Å². The van der Waals surface area contributed by atoms with E-state index >= 15 is 0 Å². The lowest BCUT2D eigenvalue weighted by molar-refractivity contribution is -0.385. The van der Waals surface area contributed by atoms with Gasteiger partial charge in [0, 0.05) is 16.6 Å². The van der Waals surface area contributed by atoms with Gasteiger partial charge >= 0.3 is 5.69 Å². The minimum absolute atomic E-state index is 0.0300. The number of hydrogen-bond acceptors (Lipinski definition) is 6. The van der Waals surface area contributed by atoms with Crippen LogP contribution in [0.25, 0.3) is 0 Å². The van der Waals surface area contributed by atoms with Crippen LogP contribution in [0.1, 0.15) is 0 Å². The molecular weight excluding hydrogens is 339 g/mol. The van der Waals surface area contributed by atoms with E-state index in [4.69, 9.17) is 22.1 Å². The molecule has 0 aliphatic carbocycles. The summed E-state index contributed by atoms with van der Waals surface area (Å²) in [6.45, 7) is 0. The number of hydrogen-bond donors (Lipinski definition) is 1. The molecule has 98 valence electrons. The van der Waals surface area contributed by atoms with E-state index in [1.165, 1.54) is 18.2 Å². The Hall–Kier alpha value is -1.93. The van der Waals surface area contributed by atoms with Crippen LogP contribution in [0.5, 0.6) is 11.6 Å². The normalized spacial score (nSPS) is 10.2. The molecule has 0 saturated heterocycles. The van der Waals surface area contributed by atoms with Gasteiger partial charge in [0.1, 0.15) is 5.15 Å². The first kappa shape index (κ1) is 13.5. The quantitative estimate of drug-likeness (QED) is 0.520. The Morgan fingerprint density at radius 3 is 2.74 bits per heavy atom. The topological polar surface area (TPSA) is 104 Å². The molecule has 19 heavy (non-hydrogen) atoms. The summed E-state index contributed by atoms with van der Waals surface area (Å²) in [6, 6.07) is 5.67. The molecule has 2 rings (SSSR count). The van der Waals surface area contributed by atoms with Crippen LogP contribution in [0.3, 0.4) is 0 Å². The number of nitro groups is 1. The van der Waals surface area contributed by atoms with Crippen molar-refractivity contribution in [3.63, 3.8) is 0 Å². The number of nitrogens with zero attached hydrogens (tertiary/aromatic N) is 3. The molecule has 0 aliphatic heterocycles. The molecule has 2 aromatic rings. The van der Waals surface area contributed by atoms with E-state index in [2.05, 4.69) is 25.9 Å². The van der Waals surface area contributed by atoms with E-state index in [1.54, 1.807) is 6.07 Å². The van der Waals surface area contributed by atoms with Crippen molar-refractivity contribution in [1.29, 1.82) is 0 Å². The maximum atomic E-state index is 10.9. The summed E-state index contributed by atoms with van der Waals surface area (Å²) in [6.07, 6.45) is 0. The number of ether oxygens (including phenoxy) is 1. The SMILES string of the molecule is Nc1nc(Cl)cc(Oc2ccc(Br)cc2[N+](=O)[O-])n1. The number of halogens is 2. The molecule has 2 N–H and O–H groups in total. The molecule has 0 bridgehead atoms. The van der Waals surface area contributed by atoms with Gasteiger partial charge in [-0.2, -0.15) is 4.98 Å². The predicted molar refractivity (Wildman–Crippen MR) is 72.3 cm³/mol. The third kappa shape index (κ3) is 3.30. The molecule has 0 spiro atoms. The molecule has 0 aliphatic rings. The molecule has 0 fully saturated rings. The molecule has 0 radical (unpaired) electrons. The number of benzene rings is 1. The standard InChI is InChI=1S/C10H6BrClN4O3/c11-5-1-2-7(6(3-5)16(17)18)19-9-4-8(12)14-10(13)15-9/h1-4H,(H2,13,14,15). The van der Waals surface area contributed by atoms with E-state index in [1.807, 2.05) is 0 Å². The van der Waals surface area contributed by atoms with Gasteiger partial charge in [0.15, 0.2) is 0 Å². The second-order valence-corrected chi connectivity index (χ2v) is 4.66. The van der Waals surface area contributed by atoms with Gasteiger partial charge < -0.3 is 10.5 Å². The van der Waals surface area contributed by atoms with E-state index in [0.717, 1.165) is 0 Å². The summed E-state index contributed by atoms with van der Waals surface area (Å²) in [5.74, 6) is -0.0208. The summed E-state index contributed by atoms with van der Waals surface area (Å²) in [5, 5.41) is 11.0. The van der Waals surface area contributed by atoms with Crippen molar-refractivity contribution in [3.8, 4) is 11.6 Å². The Morgan fingerprint density at radius 2 is 2.11 bits per heavy atom. The monoisotopic (exact) mass is 344 g/mol. The van der Waals surface area contributed by atoms with Crippen LogP contribution < -0.4 is 10.5 Å². The highest BCUT2D eigenvalue weighted by Crippen LogP contribution is 2.33. The van der Waals surface area contributed by atoms with Gasteiger partial charge in [-0.15, -0.1) is 0 Å². The van der Waals surface area contributed by atoms with Crippen molar-refractivity contribution in [1.82, 2.24) is 9.97 Å². The third-order valence-electron chi connectivity index (χ3n) is 2.02. The smallest absolute Gasteiger partial charge is 0.312 e. The van der Waals surface area contributed by atoms with E-state index in [-0.39, 0.29) is 28.4 Å². The highest BCUT2D eigenvalue weighted by molar-refractivity contribution is 9.10. The molecule has 0 atom stereocenters. The van der Waals surface area contributed by atoms with Gasteiger partial charge in [0.2, 0.25) is 17.6 Å².